The number of non-ortho nitro benzene ring substituents is 1. The number of guanidine groups is 1. The number of rotatable bonds is 11. The lowest BCUT2D eigenvalue weighted by atomic mass is 10.2. The van der Waals surface area contributed by atoms with Crippen molar-refractivity contribution in [3.63, 3.8) is 0 Å². The smallest absolute Gasteiger partial charge is 0.269 e. The number of nitro benzene ring substituents is 1. The monoisotopic (exact) mass is 338 g/mol. The van der Waals surface area contributed by atoms with Crippen molar-refractivity contribution >= 4 is 11.6 Å². The minimum absolute atomic E-state index is 0.0777. The van der Waals surface area contributed by atoms with E-state index in [1.807, 2.05) is 13.0 Å². The summed E-state index contributed by atoms with van der Waals surface area (Å²) in [4.78, 5) is 14.8. The van der Waals surface area contributed by atoms with Crippen molar-refractivity contribution in [2.75, 3.05) is 40.0 Å². The molecule has 24 heavy (non-hydrogen) atoms. The molecule has 1 aromatic carbocycles. The fourth-order valence-electron chi connectivity index (χ4n) is 1.91. The predicted octanol–water partition coefficient (Wildman–Crippen LogP) is 1.70. The van der Waals surface area contributed by atoms with Crippen LogP contribution in [0, 0.1) is 10.1 Å². The molecule has 0 amide bonds. The number of nitrogens with one attached hydrogen (secondary N) is 2. The summed E-state index contributed by atoms with van der Waals surface area (Å²) in [7, 11) is 1.64. The Morgan fingerprint density at radius 2 is 2.12 bits per heavy atom. The van der Waals surface area contributed by atoms with Crippen molar-refractivity contribution in [2.45, 2.75) is 19.9 Å². The van der Waals surface area contributed by atoms with E-state index in [4.69, 9.17) is 9.47 Å². The Labute approximate surface area is 142 Å². The van der Waals surface area contributed by atoms with Crippen LogP contribution in [0.15, 0.2) is 29.3 Å². The Bertz CT molecular complexity index is 523. The number of hydrogen-bond acceptors (Lipinski definition) is 5. The van der Waals surface area contributed by atoms with E-state index in [-0.39, 0.29) is 5.69 Å². The van der Waals surface area contributed by atoms with E-state index >= 15 is 0 Å². The summed E-state index contributed by atoms with van der Waals surface area (Å²) in [6.07, 6.45) is 0.852. The van der Waals surface area contributed by atoms with E-state index < -0.39 is 4.92 Å². The Hall–Kier alpha value is -2.19. The molecule has 8 nitrogen and oxygen atoms in total. The van der Waals surface area contributed by atoms with Gasteiger partial charge in [-0.1, -0.05) is 12.1 Å². The number of aliphatic imine (C=N–C) groups is 1. The maximum absolute atomic E-state index is 10.8. The highest BCUT2D eigenvalue weighted by molar-refractivity contribution is 5.79. The first-order valence-corrected chi connectivity index (χ1v) is 7.99. The Morgan fingerprint density at radius 1 is 1.29 bits per heavy atom. The largest absolute Gasteiger partial charge is 0.382 e. The molecule has 0 saturated heterocycles. The summed E-state index contributed by atoms with van der Waals surface area (Å²) in [5, 5.41) is 17.1. The zero-order valence-corrected chi connectivity index (χ0v) is 14.3. The third kappa shape index (κ3) is 8.44. The zero-order valence-electron chi connectivity index (χ0n) is 14.3. The van der Waals surface area contributed by atoms with Crippen molar-refractivity contribution in [3.8, 4) is 0 Å². The minimum Gasteiger partial charge on any atom is -0.382 e. The van der Waals surface area contributed by atoms with Gasteiger partial charge in [-0.25, -0.2) is 4.99 Å². The van der Waals surface area contributed by atoms with Gasteiger partial charge < -0.3 is 20.1 Å². The van der Waals surface area contributed by atoms with Gasteiger partial charge in [0.05, 0.1) is 24.7 Å². The molecule has 0 aromatic heterocycles. The molecule has 1 rings (SSSR count). The van der Waals surface area contributed by atoms with Crippen LogP contribution in [0.4, 0.5) is 5.69 Å². The van der Waals surface area contributed by atoms with E-state index in [1.165, 1.54) is 12.1 Å². The zero-order chi connectivity index (χ0) is 17.6. The van der Waals surface area contributed by atoms with Gasteiger partial charge in [-0.2, -0.15) is 0 Å². The highest BCUT2D eigenvalue weighted by Gasteiger charge is 2.05. The Balaban J connectivity index is 2.42. The first-order chi connectivity index (χ1) is 11.7. The van der Waals surface area contributed by atoms with Crippen LogP contribution in [0.2, 0.25) is 0 Å². The van der Waals surface area contributed by atoms with Crippen LogP contribution in [-0.2, 0) is 16.0 Å². The maximum Gasteiger partial charge on any atom is 0.269 e. The summed E-state index contributed by atoms with van der Waals surface area (Å²) in [5.74, 6) is 0.681. The van der Waals surface area contributed by atoms with Gasteiger partial charge >= 0.3 is 0 Å². The van der Waals surface area contributed by atoms with Crippen molar-refractivity contribution in [1.29, 1.82) is 0 Å². The van der Waals surface area contributed by atoms with Gasteiger partial charge in [-0.05, 0) is 18.9 Å². The van der Waals surface area contributed by atoms with Crippen LogP contribution < -0.4 is 10.6 Å². The quantitative estimate of drug-likeness (QED) is 0.209. The molecule has 0 heterocycles. The molecule has 0 radical (unpaired) electrons. The summed E-state index contributed by atoms with van der Waals surface area (Å²) < 4.78 is 10.3. The number of methoxy groups -OCH3 is 1. The maximum atomic E-state index is 10.8. The summed E-state index contributed by atoms with van der Waals surface area (Å²) in [6, 6.07) is 6.50. The minimum atomic E-state index is -0.403. The molecule has 8 heteroatoms. The molecule has 0 fully saturated rings. The van der Waals surface area contributed by atoms with Gasteiger partial charge in [-0.15, -0.1) is 0 Å². The molecule has 0 bridgehead atoms. The highest BCUT2D eigenvalue weighted by atomic mass is 16.6. The van der Waals surface area contributed by atoms with Gasteiger partial charge in [0.1, 0.15) is 0 Å². The lowest BCUT2D eigenvalue weighted by Crippen LogP contribution is -2.38. The highest BCUT2D eigenvalue weighted by Crippen LogP contribution is 2.13. The number of nitrogens with zero attached hydrogens (tertiary/aromatic N) is 2. The normalized spacial score (nSPS) is 11.3. The molecule has 0 aliphatic rings. The molecular formula is C16H26N4O4. The van der Waals surface area contributed by atoms with Crippen LogP contribution in [0.25, 0.3) is 0 Å². The molecule has 0 atom stereocenters. The van der Waals surface area contributed by atoms with Crippen molar-refractivity contribution in [2.24, 2.45) is 4.99 Å². The van der Waals surface area contributed by atoms with E-state index in [0.717, 1.165) is 25.1 Å². The first kappa shape index (κ1) is 19.9. The Kier molecular flexibility index (Phi) is 10.1. The van der Waals surface area contributed by atoms with Crippen LogP contribution in [-0.4, -0.2) is 50.9 Å². The van der Waals surface area contributed by atoms with Crippen LogP contribution in [0.3, 0.4) is 0 Å². The Morgan fingerprint density at radius 3 is 2.83 bits per heavy atom. The molecular weight excluding hydrogens is 312 g/mol. The average molecular weight is 338 g/mol. The molecule has 2 N–H and O–H groups in total. The van der Waals surface area contributed by atoms with Gasteiger partial charge in [0.2, 0.25) is 0 Å². The second kappa shape index (κ2) is 12.3. The van der Waals surface area contributed by atoms with Gasteiger partial charge in [0.25, 0.3) is 5.69 Å². The summed E-state index contributed by atoms with van der Waals surface area (Å²) in [6.45, 7) is 5.68. The molecule has 1 aromatic rings. The number of ether oxygens (including phenoxy) is 2. The standard InChI is InChI=1S/C16H26N4O4/c1-3-17-16(18-8-5-9-24-11-10-23-2)19-13-14-6-4-7-15(12-14)20(21)22/h4,6-7,12H,3,5,8-11,13H2,1-2H3,(H2,17,18,19). The molecule has 134 valence electrons. The number of nitro groups is 1. The van der Waals surface area contributed by atoms with E-state index in [0.29, 0.717) is 32.3 Å². The first-order valence-electron chi connectivity index (χ1n) is 7.99. The fourth-order valence-corrected chi connectivity index (χ4v) is 1.91. The second-order valence-corrected chi connectivity index (χ2v) is 5.01. The van der Waals surface area contributed by atoms with Gasteiger partial charge in [-0.3, -0.25) is 10.1 Å². The third-order valence-electron chi connectivity index (χ3n) is 3.08. The van der Waals surface area contributed by atoms with Crippen LogP contribution in [0.5, 0.6) is 0 Å². The molecule has 0 saturated carbocycles. The fraction of sp³-hybridized carbons (Fsp3) is 0.562. The average Bonchev–Trinajstić information content (AvgIpc) is 2.59. The third-order valence-corrected chi connectivity index (χ3v) is 3.08. The van der Waals surface area contributed by atoms with E-state index in [2.05, 4.69) is 15.6 Å². The van der Waals surface area contributed by atoms with Crippen molar-refractivity contribution in [1.82, 2.24) is 10.6 Å². The van der Waals surface area contributed by atoms with Crippen LogP contribution >= 0.6 is 0 Å². The topological polar surface area (TPSA) is 98.0 Å². The van der Waals surface area contributed by atoms with Gasteiger partial charge in [0, 0.05) is 38.9 Å². The summed E-state index contributed by atoms with van der Waals surface area (Å²) in [5.41, 5.74) is 0.873. The SMILES string of the molecule is CCNC(=NCc1cccc([N+](=O)[O-])c1)NCCCOCCOC. The molecule has 0 aliphatic carbocycles. The van der Waals surface area contributed by atoms with E-state index in [9.17, 15) is 10.1 Å². The number of hydrogen-bond donors (Lipinski definition) is 2. The van der Waals surface area contributed by atoms with Crippen molar-refractivity contribution in [3.05, 3.63) is 39.9 Å². The van der Waals surface area contributed by atoms with Crippen LogP contribution in [0.1, 0.15) is 18.9 Å². The van der Waals surface area contributed by atoms with E-state index in [1.54, 1.807) is 13.2 Å². The summed E-state index contributed by atoms with van der Waals surface area (Å²) >= 11 is 0. The number of benzene rings is 1. The second-order valence-electron chi connectivity index (χ2n) is 5.01. The molecule has 0 unspecified atom stereocenters. The van der Waals surface area contributed by atoms with Crippen molar-refractivity contribution < 1.29 is 14.4 Å². The molecule has 0 aliphatic heterocycles. The lowest BCUT2D eigenvalue weighted by molar-refractivity contribution is -0.384. The predicted molar refractivity (Wildman–Crippen MR) is 93.2 cm³/mol. The lowest BCUT2D eigenvalue weighted by Gasteiger charge is -2.11. The molecule has 0 spiro atoms. The van der Waals surface area contributed by atoms with Gasteiger partial charge in [0.15, 0.2) is 5.96 Å².